The number of amides is 2. The van der Waals surface area contributed by atoms with Crippen LogP contribution in [0.15, 0.2) is 59.7 Å². The lowest BCUT2D eigenvalue weighted by Gasteiger charge is -2.19. The van der Waals surface area contributed by atoms with Gasteiger partial charge in [-0.1, -0.05) is 68.5 Å². The van der Waals surface area contributed by atoms with Gasteiger partial charge in [0.25, 0.3) is 11.8 Å². The SMILES string of the molecule is Cc1cccc(C)c1OCC(=O)N[C@@H](CC(C)C)C(=O)N/N=C\C=C\c1ccccc1. The fraction of sp³-hybridized carbons (Fsp3) is 0.320. The van der Waals surface area contributed by atoms with E-state index < -0.39 is 6.04 Å². The third-order valence-corrected chi connectivity index (χ3v) is 4.54. The van der Waals surface area contributed by atoms with Gasteiger partial charge >= 0.3 is 0 Å². The molecule has 6 nitrogen and oxygen atoms in total. The smallest absolute Gasteiger partial charge is 0.262 e. The Morgan fingerprint density at radius 1 is 1.03 bits per heavy atom. The Balaban J connectivity index is 1.89. The Bertz CT molecular complexity index is 901. The highest BCUT2D eigenvalue weighted by Gasteiger charge is 2.22. The van der Waals surface area contributed by atoms with Crippen molar-refractivity contribution in [3.8, 4) is 5.75 Å². The molecule has 0 aliphatic carbocycles. The van der Waals surface area contributed by atoms with Gasteiger partial charge in [0.2, 0.25) is 0 Å². The quantitative estimate of drug-likeness (QED) is 0.449. The Hall–Kier alpha value is -3.41. The number of para-hydroxylation sites is 1. The first-order valence-electron chi connectivity index (χ1n) is 10.4. The van der Waals surface area contributed by atoms with Crippen molar-refractivity contribution in [1.82, 2.24) is 10.7 Å². The van der Waals surface area contributed by atoms with E-state index in [0.29, 0.717) is 12.2 Å². The molecule has 0 fully saturated rings. The van der Waals surface area contributed by atoms with E-state index in [0.717, 1.165) is 16.7 Å². The summed E-state index contributed by atoms with van der Waals surface area (Å²) in [7, 11) is 0. The largest absolute Gasteiger partial charge is 0.483 e. The van der Waals surface area contributed by atoms with Crippen LogP contribution < -0.4 is 15.5 Å². The number of carbonyl (C=O) groups is 2. The zero-order valence-corrected chi connectivity index (χ0v) is 18.6. The van der Waals surface area contributed by atoms with Crippen molar-refractivity contribution in [2.24, 2.45) is 11.0 Å². The number of hydrazone groups is 1. The van der Waals surface area contributed by atoms with Crippen molar-refractivity contribution >= 4 is 24.1 Å². The number of benzene rings is 2. The molecule has 6 heteroatoms. The fourth-order valence-corrected chi connectivity index (χ4v) is 3.04. The van der Waals surface area contributed by atoms with Crippen LogP contribution in [0.3, 0.4) is 0 Å². The second-order valence-corrected chi connectivity index (χ2v) is 7.78. The van der Waals surface area contributed by atoms with Gasteiger partial charge in [0.15, 0.2) is 6.61 Å². The van der Waals surface area contributed by atoms with Crippen LogP contribution in [0.1, 0.15) is 37.0 Å². The maximum atomic E-state index is 12.5. The van der Waals surface area contributed by atoms with Gasteiger partial charge in [-0.15, -0.1) is 0 Å². The van der Waals surface area contributed by atoms with Crippen LogP contribution in [0.25, 0.3) is 6.08 Å². The molecule has 0 bridgehead atoms. The zero-order chi connectivity index (χ0) is 22.6. The molecule has 0 unspecified atom stereocenters. The highest BCUT2D eigenvalue weighted by molar-refractivity contribution is 5.89. The Morgan fingerprint density at radius 2 is 1.71 bits per heavy atom. The summed E-state index contributed by atoms with van der Waals surface area (Å²) in [5.41, 5.74) is 5.45. The summed E-state index contributed by atoms with van der Waals surface area (Å²) in [4.78, 5) is 24.9. The molecule has 1 atom stereocenters. The number of nitrogens with one attached hydrogen (secondary N) is 2. The first-order valence-corrected chi connectivity index (χ1v) is 10.4. The molecule has 164 valence electrons. The molecule has 2 aromatic rings. The molecule has 0 aliphatic heterocycles. The van der Waals surface area contributed by atoms with Crippen LogP contribution in [0, 0.1) is 19.8 Å². The van der Waals surface area contributed by atoms with Crippen molar-refractivity contribution < 1.29 is 14.3 Å². The van der Waals surface area contributed by atoms with Gasteiger partial charge in [0.05, 0.1) is 0 Å². The van der Waals surface area contributed by atoms with Crippen LogP contribution in [0.4, 0.5) is 0 Å². The summed E-state index contributed by atoms with van der Waals surface area (Å²) in [5, 5.41) is 6.70. The highest BCUT2D eigenvalue weighted by atomic mass is 16.5. The van der Waals surface area contributed by atoms with Gasteiger partial charge < -0.3 is 10.1 Å². The van der Waals surface area contributed by atoms with E-state index in [2.05, 4.69) is 15.8 Å². The maximum absolute atomic E-state index is 12.5. The third-order valence-electron chi connectivity index (χ3n) is 4.54. The van der Waals surface area contributed by atoms with E-state index in [9.17, 15) is 9.59 Å². The minimum absolute atomic E-state index is 0.156. The van der Waals surface area contributed by atoms with Gasteiger partial charge in [-0.05, 0) is 49.0 Å². The normalized spacial score (nSPS) is 12.3. The fourth-order valence-electron chi connectivity index (χ4n) is 3.04. The molecule has 2 N–H and O–H groups in total. The second-order valence-electron chi connectivity index (χ2n) is 7.78. The average molecular weight is 422 g/mol. The number of hydrogen-bond acceptors (Lipinski definition) is 4. The molecule has 2 rings (SSSR count). The lowest BCUT2D eigenvalue weighted by molar-refractivity contribution is -0.130. The first kappa shape index (κ1) is 23.9. The summed E-state index contributed by atoms with van der Waals surface area (Å²) < 4.78 is 5.69. The molecule has 0 saturated carbocycles. The third kappa shape index (κ3) is 8.46. The van der Waals surface area contributed by atoms with Crippen LogP contribution in [-0.2, 0) is 9.59 Å². The minimum atomic E-state index is -0.690. The average Bonchev–Trinajstić information content (AvgIpc) is 2.73. The lowest BCUT2D eigenvalue weighted by Crippen LogP contribution is -2.47. The van der Waals surface area contributed by atoms with E-state index in [1.54, 1.807) is 6.08 Å². The first-order chi connectivity index (χ1) is 14.9. The van der Waals surface area contributed by atoms with Crippen molar-refractivity contribution in [2.75, 3.05) is 6.61 Å². The van der Waals surface area contributed by atoms with Crippen molar-refractivity contribution in [1.29, 1.82) is 0 Å². The van der Waals surface area contributed by atoms with E-state index in [1.165, 1.54) is 6.21 Å². The number of carbonyl (C=O) groups excluding carboxylic acids is 2. The van der Waals surface area contributed by atoms with E-state index in [1.807, 2.05) is 82.3 Å². The summed E-state index contributed by atoms with van der Waals surface area (Å²) in [6.45, 7) is 7.69. The monoisotopic (exact) mass is 421 g/mol. The molecule has 31 heavy (non-hydrogen) atoms. The van der Waals surface area contributed by atoms with Gasteiger partial charge in [-0.3, -0.25) is 9.59 Å². The minimum Gasteiger partial charge on any atom is -0.483 e. The van der Waals surface area contributed by atoms with Gasteiger partial charge in [-0.25, -0.2) is 5.43 Å². The number of nitrogens with zero attached hydrogens (tertiary/aromatic N) is 1. The van der Waals surface area contributed by atoms with Crippen molar-refractivity contribution in [3.05, 3.63) is 71.3 Å². The summed E-state index contributed by atoms with van der Waals surface area (Å²) >= 11 is 0. The molecule has 0 spiro atoms. The molecule has 2 amide bonds. The Kier molecular flexibility index (Phi) is 9.49. The van der Waals surface area contributed by atoms with E-state index >= 15 is 0 Å². The molecule has 0 saturated heterocycles. The van der Waals surface area contributed by atoms with Crippen LogP contribution in [0.5, 0.6) is 5.75 Å². The van der Waals surface area contributed by atoms with Crippen LogP contribution >= 0.6 is 0 Å². The number of aryl methyl sites for hydroxylation is 2. The van der Waals surface area contributed by atoms with Gasteiger partial charge in [-0.2, -0.15) is 5.10 Å². The number of rotatable bonds is 10. The molecular formula is C25H31N3O3. The topological polar surface area (TPSA) is 79.8 Å². The molecule has 2 aromatic carbocycles. The lowest BCUT2D eigenvalue weighted by atomic mass is 10.0. The van der Waals surface area contributed by atoms with Crippen LogP contribution in [0.2, 0.25) is 0 Å². The number of allylic oxidation sites excluding steroid dienone is 1. The predicted octanol–water partition coefficient (Wildman–Crippen LogP) is 4.03. The molecule has 0 heterocycles. The van der Waals surface area contributed by atoms with Crippen molar-refractivity contribution in [2.45, 2.75) is 40.2 Å². The predicted molar refractivity (Wildman–Crippen MR) is 125 cm³/mol. The summed E-state index contributed by atoms with van der Waals surface area (Å²) in [6, 6.07) is 14.9. The standard InChI is InChI=1S/C25H31N3O3/c1-18(2)16-22(25(30)28-26-15-9-14-21-12-6-5-7-13-21)27-23(29)17-31-24-19(3)10-8-11-20(24)4/h5-15,18,22H,16-17H2,1-4H3,(H,27,29)(H,28,30)/b14-9+,26-15-/t22-/m0/s1. The number of hydrogen-bond donors (Lipinski definition) is 2. The van der Waals surface area contributed by atoms with Gasteiger partial charge in [0, 0.05) is 6.21 Å². The van der Waals surface area contributed by atoms with E-state index in [-0.39, 0.29) is 24.3 Å². The van der Waals surface area contributed by atoms with Crippen molar-refractivity contribution in [3.63, 3.8) is 0 Å². The molecule has 0 radical (unpaired) electrons. The zero-order valence-electron chi connectivity index (χ0n) is 18.6. The Morgan fingerprint density at radius 3 is 2.35 bits per heavy atom. The molecular weight excluding hydrogens is 390 g/mol. The summed E-state index contributed by atoms with van der Waals surface area (Å²) in [6.07, 6.45) is 5.62. The molecule has 0 aliphatic rings. The number of ether oxygens (including phenoxy) is 1. The molecule has 0 aromatic heterocycles. The second kappa shape index (κ2) is 12.3. The highest BCUT2D eigenvalue weighted by Crippen LogP contribution is 2.22. The summed E-state index contributed by atoms with van der Waals surface area (Å²) in [5.74, 6) is 0.199. The Labute approximate surface area is 184 Å². The van der Waals surface area contributed by atoms with E-state index in [4.69, 9.17) is 4.74 Å². The van der Waals surface area contributed by atoms with Crippen LogP contribution in [-0.4, -0.2) is 30.7 Å². The maximum Gasteiger partial charge on any atom is 0.262 e. The van der Waals surface area contributed by atoms with Gasteiger partial charge in [0.1, 0.15) is 11.8 Å².